The number of ether oxygens (including phenoxy) is 1. The molecule has 1 saturated carbocycles. The molecule has 34 heavy (non-hydrogen) atoms. The first kappa shape index (κ1) is 25.3. The topological polar surface area (TPSA) is 162 Å². The third-order valence-corrected chi connectivity index (χ3v) is 7.10. The molecule has 0 aromatic heterocycles. The van der Waals surface area contributed by atoms with Gasteiger partial charge in [0.15, 0.2) is 0 Å². The Morgan fingerprint density at radius 2 is 1.85 bits per heavy atom. The number of amides is 6. The number of aliphatic hydroxyl groups excluding tert-OH is 1. The van der Waals surface area contributed by atoms with Gasteiger partial charge in [-0.1, -0.05) is 12.5 Å². The molecule has 0 bridgehead atoms. The Balaban J connectivity index is 2.20. The number of hydrogen-bond acceptors (Lipinski definition) is 8. The van der Waals surface area contributed by atoms with Crippen molar-refractivity contribution < 1.29 is 38.6 Å². The normalized spacial score (nSPS) is 28.5. The first-order valence-electron chi connectivity index (χ1n) is 11.2. The monoisotopic (exact) mass is 478 g/mol. The maximum atomic E-state index is 13.6. The number of aliphatic hydroxyl groups is 1. The maximum absolute atomic E-state index is 13.6. The molecule has 0 radical (unpaired) electrons. The van der Waals surface area contributed by atoms with Crippen LogP contribution in [0.15, 0.2) is 11.1 Å². The fourth-order valence-electron chi connectivity index (χ4n) is 5.49. The van der Waals surface area contributed by atoms with Crippen LogP contribution >= 0.6 is 0 Å². The van der Waals surface area contributed by atoms with Crippen LogP contribution in [0.5, 0.6) is 0 Å². The average molecular weight is 479 g/mol. The number of imide groups is 2. The predicted octanol–water partition coefficient (Wildman–Crippen LogP) is -1.07. The van der Waals surface area contributed by atoms with Crippen LogP contribution in [0.1, 0.15) is 33.1 Å². The highest BCUT2D eigenvalue weighted by Crippen LogP contribution is 2.53. The van der Waals surface area contributed by atoms with Crippen molar-refractivity contribution in [3.8, 4) is 0 Å². The molecule has 3 N–H and O–H groups in total. The van der Waals surface area contributed by atoms with Gasteiger partial charge in [0.1, 0.15) is 12.1 Å². The number of esters is 1. The number of methoxy groups -OCH3 is 1. The molecule has 0 aromatic rings. The van der Waals surface area contributed by atoms with Gasteiger partial charge in [-0.3, -0.25) is 28.9 Å². The van der Waals surface area contributed by atoms with E-state index < -0.39 is 66.2 Å². The van der Waals surface area contributed by atoms with Crippen LogP contribution < -0.4 is 10.6 Å². The number of urea groups is 1. The van der Waals surface area contributed by atoms with Gasteiger partial charge < -0.3 is 20.5 Å². The molecular weight excluding hydrogens is 448 g/mol. The summed E-state index contributed by atoms with van der Waals surface area (Å²) in [7, 11) is 2.52. The molecule has 2 heterocycles. The SMILES string of the molecule is CCC1=C2CC[C@H]3C(=O)N(C)C(=O)[C@H]3[C@H]2[C@@](C)(C(=O)NCC(=O)OC)N(C(=O)NCCO)C1=O. The lowest BCUT2D eigenvalue weighted by atomic mass is 9.59. The second-order valence-corrected chi connectivity index (χ2v) is 8.74. The molecule has 4 atom stereocenters. The number of carbonyl (C=O) groups is 6. The van der Waals surface area contributed by atoms with Gasteiger partial charge >= 0.3 is 12.0 Å². The molecule has 2 fully saturated rings. The van der Waals surface area contributed by atoms with Gasteiger partial charge in [-0.15, -0.1) is 0 Å². The first-order valence-corrected chi connectivity index (χ1v) is 11.2. The number of nitrogens with zero attached hydrogens (tertiary/aromatic N) is 2. The molecule has 12 nitrogen and oxygen atoms in total. The summed E-state index contributed by atoms with van der Waals surface area (Å²) in [6.07, 6.45) is 0.919. The van der Waals surface area contributed by atoms with E-state index in [9.17, 15) is 28.8 Å². The van der Waals surface area contributed by atoms with Crippen molar-refractivity contribution in [2.45, 2.75) is 38.6 Å². The van der Waals surface area contributed by atoms with E-state index in [4.69, 9.17) is 5.11 Å². The molecule has 1 saturated heterocycles. The van der Waals surface area contributed by atoms with Crippen LogP contribution in [-0.4, -0.2) is 89.9 Å². The molecule has 6 amide bonds. The molecule has 186 valence electrons. The van der Waals surface area contributed by atoms with Crippen LogP contribution in [0.4, 0.5) is 4.79 Å². The third-order valence-electron chi connectivity index (χ3n) is 7.10. The van der Waals surface area contributed by atoms with Crippen molar-refractivity contribution in [2.24, 2.45) is 17.8 Å². The summed E-state index contributed by atoms with van der Waals surface area (Å²) < 4.78 is 4.57. The van der Waals surface area contributed by atoms with Crippen molar-refractivity contribution >= 4 is 35.6 Å². The Hall–Kier alpha value is -3.28. The molecule has 0 unspecified atom stereocenters. The zero-order valence-corrected chi connectivity index (χ0v) is 19.7. The Morgan fingerprint density at radius 3 is 2.44 bits per heavy atom. The van der Waals surface area contributed by atoms with E-state index >= 15 is 0 Å². The molecule has 12 heteroatoms. The minimum absolute atomic E-state index is 0.169. The standard InChI is InChI=1S/C22H30N4O8/c1-5-11-12-6-7-13-15(19(31)25(3)17(13)29)16(12)22(2,20(32)24-10-14(28)34-4)26(18(11)30)21(33)23-8-9-27/h13,15-16,27H,5-10H2,1-4H3,(H,23,33)(H,24,32)/t13-,15-,16+,22+/m1/s1. The number of carbonyl (C=O) groups excluding carboxylic acids is 6. The maximum Gasteiger partial charge on any atom is 0.325 e. The Labute approximate surface area is 196 Å². The molecule has 0 spiro atoms. The number of fused-ring (bicyclic) bond motifs is 3. The predicted molar refractivity (Wildman–Crippen MR) is 116 cm³/mol. The van der Waals surface area contributed by atoms with Gasteiger partial charge in [0.05, 0.1) is 25.6 Å². The van der Waals surface area contributed by atoms with E-state index in [1.54, 1.807) is 6.92 Å². The van der Waals surface area contributed by atoms with E-state index in [0.717, 1.165) is 16.9 Å². The molecule has 0 aromatic carbocycles. The summed E-state index contributed by atoms with van der Waals surface area (Å²) in [4.78, 5) is 79.7. The summed E-state index contributed by atoms with van der Waals surface area (Å²) in [5, 5.41) is 14.0. The first-order chi connectivity index (χ1) is 16.1. The van der Waals surface area contributed by atoms with Crippen molar-refractivity contribution in [3.63, 3.8) is 0 Å². The van der Waals surface area contributed by atoms with E-state index in [-0.39, 0.29) is 18.9 Å². The summed E-state index contributed by atoms with van der Waals surface area (Å²) in [6.45, 7) is 2.02. The van der Waals surface area contributed by atoms with Gasteiger partial charge in [0.25, 0.3) is 5.91 Å². The fourth-order valence-corrected chi connectivity index (χ4v) is 5.49. The van der Waals surface area contributed by atoms with Gasteiger partial charge in [0.2, 0.25) is 17.7 Å². The summed E-state index contributed by atoms with van der Waals surface area (Å²) >= 11 is 0. The largest absolute Gasteiger partial charge is 0.468 e. The molecular formula is C22H30N4O8. The van der Waals surface area contributed by atoms with E-state index in [2.05, 4.69) is 15.4 Å². The van der Waals surface area contributed by atoms with Crippen molar-refractivity contribution in [2.75, 3.05) is 33.9 Å². The Bertz CT molecular complexity index is 976. The van der Waals surface area contributed by atoms with Crippen molar-refractivity contribution in [1.82, 2.24) is 20.4 Å². The van der Waals surface area contributed by atoms with Crippen LogP contribution in [0, 0.1) is 17.8 Å². The van der Waals surface area contributed by atoms with E-state index in [1.807, 2.05) is 0 Å². The van der Waals surface area contributed by atoms with Crippen LogP contribution in [0.3, 0.4) is 0 Å². The van der Waals surface area contributed by atoms with Gasteiger partial charge in [-0.05, 0) is 26.2 Å². The van der Waals surface area contributed by atoms with Gasteiger partial charge in [-0.25, -0.2) is 9.69 Å². The summed E-state index contributed by atoms with van der Waals surface area (Å²) in [6, 6.07) is -0.924. The smallest absolute Gasteiger partial charge is 0.325 e. The lowest BCUT2D eigenvalue weighted by molar-refractivity contribution is -0.151. The number of rotatable bonds is 6. The molecule has 1 aliphatic carbocycles. The zero-order chi connectivity index (χ0) is 25.4. The van der Waals surface area contributed by atoms with Crippen LogP contribution in [0.2, 0.25) is 0 Å². The van der Waals surface area contributed by atoms with Crippen LogP contribution in [0.25, 0.3) is 0 Å². The van der Waals surface area contributed by atoms with Crippen molar-refractivity contribution in [3.05, 3.63) is 11.1 Å². The lowest BCUT2D eigenvalue weighted by Gasteiger charge is -2.52. The highest BCUT2D eigenvalue weighted by molar-refractivity contribution is 6.12. The molecule has 3 rings (SSSR count). The number of likely N-dealkylation sites (tertiary alicyclic amines) is 1. The third kappa shape index (κ3) is 3.75. The van der Waals surface area contributed by atoms with E-state index in [1.165, 1.54) is 14.0 Å². The quantitative estimate of drug-likeness (QED) is 0.321. The Morgan fingerprint density at radius 1 is 1.18 bits per heavy atom. The summed E-state index contributed by atoms with van der Waals surface area (Å²) in [5.41, 5.74) is -1.04. The highest BCUT2D eigenvalue weighted by Gasteiger charge is 2.65. The highest BCUT2D eigenvalue weighted by atomic mass is 16.5. The number of hydrogen-bond donors (Lipinski definition) is 3. The molecule has 3 aliphatic rings. The average Bonchev–Trinajstić information content (AvgIpc) is 3.04. The summed E-state index contributed by atoms with van der Waals surface area (Å²) in [5.74, 6) is -5.71. The van der Waals surface area contributed by atoms with Crippen LogP contribution in [-0.2, 0) is 28.7 Å². The van der Waals surface area contributed by atoms with E-state index in [0.29, 0.717) is 24.0 Å². The minimum Gasteiger partial charge on any atom is -0.468 e. The minimum atomic E-state index is -1.93. The number of nitrogens with one attached hydrogen (secondary N) is 2. The molecule has 2 aliphatic heterocycles. The fraction of sp³-hybridized carbons (Fsp3) is 0.636. The Kier molecular flexibility index (Phi) is 7.10. The lowest BCUT2D eigenvalue weighted by Crippen LogP contribution is -2.71. The van der Waals surface area contributed by atoms with Gasteiger partial charge in [0, 0.05) is 25.1 Å². The second-order valence-electron chi connectivity index (χ2n) is 8.74. The van der Waals surface area contributed by atoms with Gasteiger partial charge in [-0.2, -0.15) is 0 Å². The van der Waals surface area contributed by atoms with Crippen molar-refractivity contribution in [1.29, 1.82) is 0 Å². The zero-order valence-electron chi connectivity index (χ0n) is 19.7. The second kappa shape index (κ2) is 9.53.